The van der Waals surface area contributed by atoms with Crippen molar-refractivity contribution in [3.8, 4) is 0 Å². The Morgan fingerprint density at radius 1 is 1.21 bits per heavy atom. The average molecular weight is 348 g/mol. The van der Waals surface area contributed by atoms with Crippen LogP contribution in [0, 0.1) is 11.6 Å². The summed E-state index contributed by atoms with van der Waals surface area (Å²) in [6, 6.07) is 3.14. The first-order valence-electron chi connectivity index (χ1n) is 5.47. The lowest BCUT2D eigenvalue weighted by Crippen LogP contribution is -2.15. The molecule has 1 aromatic heterocycles. The van der Waals surface area contributed by atoms with Gasteiger partial charge in [-0.25, -0.2) is 8.78 Å². The van der Waals surface area contributed by atoms with E-state index in [9.17, 15) is 8.78 Å². The molecule has 19 heavy (non-hydrogen) atoms. The highest BCUT2D eigenvalue weighted by atomic mass is 79.9. The lowest BCUT2D eigenvalue weighted by atomic mass is 10.00. The number of pyridine rings is 1. The van der Waals surface area contributed by atoms with Crippen LogP contribution in [0.4, 0.5) is 8.78 Å². The van der Waals surface area contributed by atoms with Crippen LogP contribution in [0.25, 0.3) is 0 Å². The van der Waals surface area contributed by atoms with Crippen molar-refractivity contribution in [2.24, 2.45) is 5.73 Å². The number of halogens is 4. The molecule has 0 aliphatic carbocycles. The summed E-state index contributed by atoms with van der Waals surface area (Å²) in [5.41, 5.74) is 6.83. The van der Waals surface area contributed by atoms with Gasteiger partial charge in [-0.3, -0.25) is 4.98 Å². The zero-order chi connectivity index (χ0) is 14.0. The Morgan fingerprint density at radius 2 is 1.95 bits per heavy atom. The number of aromatic nitrogens is 1. The first-order chi connectivity index (χ1) is 8.97. The van der Waals surface area contributed by atoms with Crippen LogP contribution < -0.4 is 5.73 Å². The zero-order valence-corrected chi connectivity index (χ0v) is 12.0. The second kappa shape index (κ2) is 5.94. The van der Waals surface area contributed by atoms with Gasteiger partial charge in [0, 0.05) is 28.5 Å². The third kappa shape index (κ3) is 3.49. The quantitative estimate of drug-likeness (QED) is 0.852. The van der Waals surface area contributed by atoms with Crippen molar-refractivity contribution in [3.63, 3.8) is 0 Å². The summed E-state index contributed by atoms with van der Waals surface area (Å²) in [6.07, 6.45) is 3.62. The summed E-state index contributed by atoms with van der Waals surface area (Å²) in [4.78, 5) is 3.99. The fourth-order valence-corrected chi connectivity index (χ4v) is 2.32. The highest BCUT2D eigenvalue weighted by molar-refractivity contribution is 9.10. The number of hydrogen-bond acceptors (Lipinski definition) is 2. The largest absolute Gasteiger partial charge is 0.324 e. The molecule has 0 amide bonds. The number of rotatable bonds is 3. The molecule has 0 fully saturated rings. The van der Waals surface area contributed by atoms with Gasteiger partial charge in [0.15, 0.2) is 0 Å². The third-order valence-electron chi connectivity index (χ3n) is 2.66. The molecule has 1 heterocycles. The second-order valence-corrected chi connectivity index (χ2v) is 5.43. The lowest BCUT2D eigenvalue weighted by molar-refractivity contribution is 0.561. The second-order valence-electron chi connectivity index (χ2n) is 4.11. The summed E-state index contributed by atoms with van der Waals surface area (Å²) < 4.78 is 27.9. The Balaban J connectivity index is 2.25. The predicted molar refractivity (Wildman–Crippen MR) is 73.9 cm³/mol. The van der Waals surface area contributed by atoms with Gasteiger partial charge in [0.05, 0.1) is 5.02 Å². The monoisotopic (exact) mass is 346 g/mol. The van der Waals surface area contributed by atoms with E-state index in [-0.39, 0.29) is 10.6 Å². The first kappa shape index (κ1) is 14.4. The van der Waals surface area contributed by atoms with Crippen LogP contribution in [0.1, 0.15) is 17.2 Å². The number of hydrogen-bond donors (Lipinski definition) is 1. The Morgan fingerprint density at radius 3 is 2.63 bits per heavy atom. The minimum absolute atomic E-state index is 0.0990. The van der Waals surface area contributed by atoms with Crippen LogP contribution in [0.2, 0.25) is 5.02 Å². The molecule has 2 nitrogen and oxygen atoms in total. The molecular weight excluding hydrogens is 338 g/mol. The molecule has 0 spiro atoms. The summed E-state index contributed by atoms with van der Waals surface area (Å²) in [5, 5.41) is -0.252. The Labute approximate surface area is 122 Å². The molecule has 0 radical (unpaired) electrons. The standard InChI is InChI=1S/C13H10BrClF2N2/c14-8-1-7(5-19-6-8)2-13(18)9-3-12(17)10(15)4-11(9)16/h1,3-6,13H,2,18H2. The Kier molecular flexibility index (Phi) is 4.50. The van der Waals surface area contributed by atoms with Gasteiger partial charge in [-0.15, -0.1) is 0 Å². The van der Waals surface area contributed by atoms with Crippen LogP contribution in [0.15, 0.2) is 35.1 Å². The van der Waals surface area contributed by atoms with Crippen molar-refractivity contribution in [1.29, 1.82) is 0 Å². The molecular formula is C13H10BrClF2N2. The van der Waals surface area contributed by atoms with Crippen molar-refractivity contribution in [2.45, 2.75) is 12.5 Å². The van der Waals surface area contributed by atoms with Gasteiger partial charge in [0.1, 0.15) is 11.6 Å². The lowest BCUT2D eigenvalue weighted by Gasteiger charge is -2.13. The maximum absolute atomic E-state index is 13.7. The smallest absolute Gasteiger partial charge is 0.142 e. The van der Waals surface area contributed by atoms with Gasteiger partial charge >= 0.3 is 0 Å². The number of benzene rings is 1. The molecule has 0 saturated carbocycles. The molecule has 6 heteroatoms. The van der Waals surface area contributed by atoms with E-state index < -0.39 is 17.7 Å². The van der Waals surface area contributed by atoms with Crippen LogP contribution in [-0.2, 0) is 6.42 Å². The fourth-order valence-electron chi connectivity index (χ4n) is 1.75. The molecule has 100 valence electrons. The topological polar surface area (TPSA) is 38.9 Å². The predicted octanol–water partition coefficient (Wildman–Crippen LogP) is 4.02. The summed E-state index contributed by atoms with van der Waals surface area (Å²) in [5.74, 6) is -1.29. The van der Waals surface area contributed by atoms with Crippen LogP contribution in [0.5, 0.6) is 0 Å². The number of nitrogens with two attached hydrogens (primary N) is 1. The Hall–Kier alpha value is -1.04. The van der Waals surface area contributed by atoms with E-state index in [1.807, 2.05) is 6.07 Å². The van der Waals surface area contributed by atoms with Crippen molar-refractivity contribution in [3.05, 3.63) is 62.8 Å². The van der Waals surface area contributed by atoms with Crippen LogP contribution in [0.3, 0.4) is 0 Å². The van der Waals surface area contributed by atoms with E-state index in [0.29, 0.717) is 6.42 Å². The van der Waals surface area contributed by atoms with E-state index in [1.165, 1.54) is 0 Å². The molecule has 0 saturated heterocycles. The summed E-state index contributed by atoms with van der Waals surface area (Å²) in [6.45, 7) is 0. The zero-order valence-electron chi connectivity index (χ0n) is 9.71. The summed E-state index contributed by atoms with van der Waals surface area (Å²) >= 11 is 8.79. The van der Waals surface area contributed by atoms with Crippen molar-refractivity contribution in [1.82, 2.24) is 4.98 Å². The van der Waals surface area contributed by atoms with Gasteiger partial charge < -0.3 is 5.73 Å². The fraction of sp³-hybridized carbons (Fsp3) is 0.154. The number of nitrogens with zero attached hydrogens (tertiary/aromatic N) is 1. The highest BCUT2D eigenvalue weighted by Crippen LogP contribution is 2.25. The van der Waals surface area contributed by atoms with Gasteiger partial charge in [0.2, 0.25) is 0 Å². The average Bonchev–Trinajstić information content (AvgIpc) is 2.33. The molecule has 1 aromatic carbocycles. The highest BCUT2D eigenvalue weighted by Gasteiger charge is 2.15. The molecule has 2 rings (SSSR count). The van der Waals surface area contributed by atoms with Gasteiger partial charge in [-0.1, -0.05) is 11.6 Å². The SMILES string of the molecule is NC(Cc1cncc(Br)c1)c1cc(F)c(Cl)cc1F. The molecule has 1 unspecified atom stereocenters. The van der Waals surface area contributed by atoms with Crippen molar-refractivity contribution < 1.29 is 8.78 Å². The minimum atomic E-state index is -0.680. The molecule has 0 bridgehead atoms. The maximum atomic E-state index is 13.7. The van der Waals surface area contributed by atoms with Crippen LogP contribution >= 0.6 is 27.5 Å². The Bertz CT molecular complexity index is 607. The first-order valence-corrected chi connectivity index (χ1v) is 6.64. The third-order valence-corrected chi connectivity index (χ3v) is 3.38. The maximum Gasteiger partial charge on any atom is 0.142 e. The van der Waals surface area contributed by atoms with Crippen molar-refractivity contribution >= 4 is 27.5 Å². The minimum Gasteiger partial charge on any atom is -0.324 e. The van der Waals surface area contributed by atoms with E-state index in [2.05, 4.69) is 20.9 Å². The van der Waals surface area contributed by atoms with E-state index >= 15 is 0 Å². The molecule has 0 aliphatic heterocycles. The normalized spacial score (nSPS) is 12.5. The van der Waals surface area contributed by atoms with E-state index in [0.717, 1.165) is 22.2 Å². The molecule has 2 N–H and O–H groups in total. The molecule has 2 aromatic rings. The summed E-state index contributed by atoms with van der Waals surface area (Å²) in [7, 11) is 0. The molecule has 1 atom stereocenters. The molecule has 0 aliphatic rings. The van der Waals surface area contributed by atoms with E-state index in [4.69, 9.17) is 17.3 Å². The van der Waals surface area contributed by atoms with Crippen LogP contribution in [-0.4, -0.2) is 4.98 Å². The van der Waals surface area contributed by atoms with Gasteiger partial charge in [0.25, 0.3) is 0 Å². The van der Waals surface area contributed by atoms with Crippen molar-refractivity contribution in [2.75, 3.05) is 0 Å². The van der Waals surface area contributed by atoms with Gasteiger partial charge in [-0.2, -0.15) is 0 Å². The van der Waals surface area contributed by atoms with Gasteiger partial charge in [-0.05, 0) is 46.1 Å². The van der Waals surface area contributed by atoms with E-state index in [1.54, 1.807) is 12.4 Å².